The number of aliphatic hydroxyl groups excluding tert-OH is 13. The Labute approximate surface area is 760 Å². The molecular formula is C77H134N19O35P. The van der Waals surface area contributed by atoms with Crippen LogP contribution in [0.5, 0.6) is 0 Å². The predicted octanol–water partition coefficient (Wildman–Crippen LogP) is -9.89. The summed E-state index contributed by atoms with van der Waals surface area (Å²) < 4.78 is 102. The van der Waals surface area contributed by atoms with Crippen LogP contribution in [-0.2, 0) is 138 Å². The van der Waals surface area contributed by atoms with Crippen LogP contribution in [0.2, 0.25) is 0 Å². The number of aliphatic imine (C=N–C) groups is 1. The molecular weight excluding hydrogens is 1780 g/mol. The maximum absolute atomic E-state index is 15.2. The van der Waals surface area contributed by atoms with Crippen LogP contribution in [0.15, 0.2) is 28.7 Å². The fourth-order valence-electron chi connectivity index (χ4n) is 14.9. The molecule has 54 nitrogen and oxygen atoms in total. The topological polar surface area (TPSA) is 734 Å². The van der Waals surface area contributed by atoms with Crippen LogP contribution in [0.3, 0.4) is 0 Å². The van der Waals surface area contributed by atoms with Crippen LogP contribution in [0, 0.1) is 0 Å². The smallest absolute Gasteiger partial charge is 0.394 e. The number of ether oxygens (including phenoxy) is 13. The van der Waals surface area contributed by atoms with Crippen molar-refractivity contribution in [1.29, 1.82) is 0 Å². The van der Waals surface area contributed by atoms with Gasteiger partial charge in [0.1, 0.15) is 97.4 Å². The van der Waals surface area contributed by atoms with Gasteiger partial charge in [0.2, 0.25) is 29.5 Å². The van der Waals surface area contributed by atoms with Crippen LogP contribution < -0.4 is 32.4 Å². The van der Waals surface area contributed by atoms with Crippen molar-refractivity contribution in [2.75, 3.05) is 145 Å². The fourth-order valence-corrected chi connectivity index (χ4v) is 15.8. The average molecular weight is 1920 g/mol. The van der Waals surface area contributed by atoms with Crippen LogP contribution in [-0.4, -0.2) is 454 Å². The molecule has 0 aliphatic carbocycles. The molecule has 24 atom stereocenters. The van der Waals surface area contributed by atoms with E-state index in [1.165, 1.54) is 43.3 Å². The first kappa shape index (κ1) is 110. The summed E-state index contributed by atoms with van der Waals surface area (Å²) in [6.07, 6.45) is -13.8. The molecule has 5 fully saturated rings. The quantitative estimate of drug-likeness (QED) is 0.00820. The highest BCUT2D eigenvalue weighted by Crippen LogP contribution is 2.46. The molecule has 0 radical (unpaired) electrons. The number of amides is 5. The van der Waals surface area contributed by atoms with Crippen molar-refractivity contribution < 1.29 is 170 Å². The molecule has 0 aromatic carbocycles. The second-order valence-electron chi connectivity index (χ2n) is 32.0. The summed E-state index contributed by atoms with van der Waals surface area (Å²) in [5.41, 5.74) is 1.69. The van der Waals surface area contributed by atoms with Crippen molar-refractivity contribution in [2.45, 2.75) is 266 Å². The third kappa shape index (κ3) is 37.1. The van der Waals surface area contributed by atoms with Crippen molar-refractivity contribution >= 4 is 49.3 Å². The second kappa shape index (κ2) is 58.5. The Morgan fingerprint density at radius 2 is 0.917 bits per heavy atom. The summed E-state index contributed by atoms with van der Waals surface area (Å²) in [4.78, 5) is 82.0. The van der Waals surface area contributed by atoms with Crippen molar-refractivity contribution in [1.82, 2.24) is 81.4 Å². The zero-order valence-electron chi connectivity index (χ0n) is 74.4. The largest absolute Gasteiger partial charge is 0.472 e. The number of carbonyl (C=O) groups is 5. The van der Waals surface area contributed by atoms with E-state index < -0.39 is 199 Å². The molecule has 752 valence electrons. The van der Waals surface area contributed by atoms with Crippen molar-refractivity contribution in [3.05, 3.63) is 35.7 Å². The highest BCUT2D eigenvalue weighted by Gasteiger charge is 2.50. The van der Waals surface area contributed by atoms with E-state index >= 15 is 4.79 Å². The number of aliphatic hydroxyl groups is 13. The minimum atomic E-state index is -4.47. The summed E-state index contributed by atoms with van der Waals surface area (Å²) in [7, 11) is -4.47. The van der Waals surface area contributed by atoms with Crippen LogP contribution in [0.25, 0.3) is 0 Å². The molecule has 5 aliphatic rings. The Hall–Kier alpha value is -7.10. The molecule has 8 heterocycles. The van der Waals surface area contributed by atoms with Gasteiger partial charge in [-0.15, -0.1) is 15.3 Å². The molecule has 0 bridgehead atoms. The van der Waals surface area contributed by atoms with Gasteiger partial charge < -0.3 is 165 Å². The van der Waals surface area contributed by atoms with Crippen LogP contribution in [0.4, 0.5) is 0 Å². The Morgan fingerprint density at radius 3 is 1.30 bits per heavy atom. The summed E-state index contributed by atoms with van der Waals surface area (Å²) in [6, 6.07) is -5.56. The van der Waals surface area contributed by atoms with Gasteiger partial charge in [-0.1, -0.05) is 34.9 Å². The normalized spacial score (nSPS) is 28.5. The van der Waals surface area contributed by atoms with Crippen LogP contribution in [0.1, 0.15) is 103 Å². The number of hydrogen-bond acceptors (Lipinski definition) is 45. The maximum atomic E-state index is 15.2. The lowest BCUT2D eigenvalue weighted by atomic mass is 9.97. The molecule has 0 saturated carbocycles. The van der Waals surface area contributed by atoms with Crippen molar-refractivity contribution in [2.24, 2.45) is 15.9 Å². The van der Waals surface area contributed by atoms with E-state index in [-0.39, 0.29) is 170 Å². The number of aromatic nitrogens is 9. The molecule has 3 aromatic rings. The van der Waals surface area contributed by atoms with E-state index in [1.807, 2.05) is 9.80 Å². The first-order chi connectivity index (χ1) is 63.4. The number of nitrogens with two attached hydrogens (primary N) is 1. The van der Waals surface area contributed by atoms with Gasteiger partial charge in [-0.2, -0.15) is 5.10 Å². The number of hydrazone groups is 1. The number of unbranched alkanes of at least 4 members (excludes halogenated alkanes) is 4. The van der Waals surface area contributed by atoms with Gasteiger partial charge in [0.15, 0.2) is 31.5 Å². The standard InChI is InChI=1S/C77H134N19O35P/c1-46(101)81-61-69(110)65(106)56(42-97)127-74(61)122-29-25-117-21-14-79-34-50(85-78)35-92(36-51-39-94(89-86-51)16-22-118-26-30-123-75-62(82-47(2)102)70(111)66(107)57(43-98)128-75)15-9-7-11-55(73(114)80-13-8-5-6-10-19-126-132(115,116)131-54-12-20-121-60(105)33-54)93(37-52-40-95(90-87-52)17-23-119-27-31-124-76-63(83-48(3)103)71(112)67(108)58(44-99)129-76)38-53-41-96(91-88-53)18-24-120-28-32-125-77-64(84-49(4)104)72(113)68(109)59(45-100)130-77/h34,39-41,54-72,74-77,97-100,105-113H,5-33,35-38,42-45,78H2,1-4H3,(H,80,114)(H,81,101)(H,82,102)(H,83,103)(H,84,104)(H,115,116)/t54?,55-,56+,57+,58+,59+,60-,61+,62+,63+,64+,65-,66-,67-,68-,69+,70+,71+,72+,74+,75+,76+,77+/m0/s1. The average Bonchev–Trinajstić information content (AvgIpc) is 1.63. The summed E-state index contributed by atoms with van der Waals surface area (Å²) in [6.45, 7) is 3.92. The summed E-state index contributed by atoms with van der Waals surface area (Å²) in [5, 5.41) is 177. The zero-order valence-corrected chi connectivity index (χ0v) is 75.3. The SMILES string of the molecule is CC(=O)N[C@H]1[C@H](OCCOCCN=CC(CN(CCCC[C@@H](C(=O)NCCCCCCOP(=O)(O)OC2CCO[C@H](O)C2)N(Cc2cn(CCOCCO[C@@H]3O[C@H](CO)[C@H](O)[C@H](O)[C@H]3NC(C)=O)nn2)Cc2cn(CCOCCO[C@@H]3O[C@H](CO)[C@H](O)[C@H](O)[C@H]3NC(C)=O)nn2)Cc2cn(CCOCCO[C@@H]3O[C@H](CO)[C@H](O)[C@H](O)[C@H]3NC(C)=O)nn2)=NN)O[C@H](CO)[C@H](O)[C@@H]1O. The van der Waals surface area contributed by atoms with E-state index in [4.69, 9.17) is 76.5 Å². The first-order valence-corrected chi connectivity index (χ1v) is 45.4. The monoisotopic (exact) mass is 1920 g/mol. The van der Waals surface area contributed by atoms with E-state index in [0.717, 1.165) is 0 Å². The highest BCUT2D eigenvalue weighted by atomic mass is 31.2. The number of carbonyl (C=O) groups excluding carboxylic acids is 5. The molecule has 21 N–H and O–H groups in total. The third-order valence-electron chi connectivity index (χ3n) is 21.5. The minimum Gasteiger partial charge on any atom is -0.394 e. The molecule has 55 heteroatoms. The predicted molar refractivity (Wildman–Crippen MR) is 449 cm³/mol. The molecule has 2 unspecified atom stereocenters. The van der Waals surface area contributed by atoms with Crippen LogP contribution >= 0.6 is 7.82 Å². The first-order valence-electron chi connectivity index (χ1n) is 43.9. The maximum Gasteiger partial charge on any atom is 0.472 e. The van der Waals surface area contributed by atoms with E-state index in [2.05, 4.69) is 67.6 Å². The van der Waals surface area contributed by atoms with Crippen molar-refractivity contribution in [3.63, 3.8) is 0 Å². The van der Waals surface area contributed by atoms with E-state index in [9.17, 15) is 95.0 Å². The lowest BCUT2D eigenvalue weighted by molar-refractivity contribution is -0.272. The molecule has 8 rings (SSSR count). The van der Waals surface area contributed by atoms with Gasteiger partial charge in [0, 0.05) is 91.6 Å². The van der Waals surface area contributed by atoms with Gasteiger partial charge in [0.05, 0.1) is 180 Å². The molecule has 5 aliphatic heterocycles. The van der Waals surface area contributed by atoms with Gasteiger partial charge in [-0.25, -0.2) is 18.6 Å². The molecule has 3 aromatic heterocycles. The number of nitrogens with zero attached hydrogens (tertiary/aromatic N) is 13. The van der Waals surface area contributed by atoms with Gasteiger partial charge in [0.25, 0.3) is 0 Å². The lowest BCUT2D eigenvalue weighted by Crippen LogP contribution is -2.64. The number of rotatable bonds is 62. The number of nitrogens with one attached hydrogen (secondary N) is 5. The fraction of sp³-hybridized carbons (Fsp3) is 0.831. The third-order valence-corrected chi connectivity index (χ3v) is 22.6. The lowest BCUT2D eigenvalue weighted by Gasteiger charge is -2.42. The van der Waals surface area contributed by atoms with E-state index in [1.54, 1.807) is 23.3 Å². The second-order valence-corrected chi connectivity index (χ2v) is 33.4. The van der Waals surface area contributed by atoms with Crippen molar-refractivity contribution in [3.8, 4) is 0 Å². The zero-order chi connectivity index (χ0) is 95.7. The van der Waals surface area contributed by atoms with Gasteiger partial charge in [-0.05, 0) is 38.6 Å². The molecule has 5 saturated heterocycles. The summed E-state index contributed by atoms with van der Waals surface area (Å²) >= 11 is 0. The number of hydrogen-bond donors (Lipinski definition) is 20. The highest BCUT2D eigenvalue weighted by molar-refractivity contribution is 7.47. The van der Waals surface area contributed by atoms with Gasteiger partial charge >= 0.3 is 7.82 Å². The Balaban J connectivity index is 0.974. The molecule has 5 amide bonds. The van der Waals surface area contributed by atoms with E-state index in [0.29, 0.717) is 74.3 Å². The number of phosphoric acid groups is 1. The Kier molecular flexibility index (Phi) is 48.8. The molecule has 0 spiro atoms. The Morgan fingerprint density at radius 1 is 0.523 bits per heavy atom. The Bertz CT molecular complexity index is 3850. The molecule has 132 heavy (non-hydrogen) atoms. The summed E-state index contributed by atoms with van der Waals surface area (Å²) in [5.74, 6) is 3.61. The minimum absolute atomic E-state index is 0.00403. The van der Waals surface area contributed by atoms with Gasteiger partial charge in [-0.3, -0.25) is 47.8 Å². The number of phosphoric ester groups is 1.